The molecule has 0 spiro atoms. The highest BCUT2D eigenvalue weighted by Crippen LogP contribution is 2.32. The molecule has 30 heavy (non-hydrogen) atoms. The number of carbonyl (C=O) groups excluding carboxylic acids is 1. The Morgan fingerprint density at radius 2 is 1.87 bits per heavy atom. The first-order valence-electron chi connectivity index (χ1n) is 9.80. The summed E-state index contributed by atoms with van der Waals surface area (Å²) in [5, 5.41) is 9.19. The average molecular weight is 412 g/mol. The molecule has 0 unspecified atom stereocenters. The largest absolute Gasteiger partial charge is 0.482 e. The fourth-order valence-corrected chi connectivity index (χ4v) is 3.92. The number of nitrogen functional groups attached to an aromatic ring is 2. The fraction of sp³-hybridized carbons (Fsp3) is 0.400. The Morgan fingerprint density at radius 3 is 2.60 bits per heavy atom. The predicted molar refractivity (Wildman–Crippen MR) is 110 cm³/mol. The summed E-state index contributed by atoms with van der Waals surface area (Å²) in [6.07, 6.45) is 1.17. The third-order valence-electron chi connectivity index (χ3n) is 5.59. The van der Waals surface area contributed by atoms with Gasteiger partial charge in [0.15, 0.2) is 6.61 Å². The second-order valence-corrected chi connectivity index (χ2v) is 7.50. The molecule has 3 heterocycles. The van der Waals surface area contributed by atoms with Gasteiger partial charge >= 0.3 is 5.97 Å². The van der Waals surface area contributed by atoms with Crippen molar-refractivity contribution < 1.29 is 19.4 Å². The standard InChI is InChI=1S/C20H24N6O4/c21-18-13-9-26(10-14(13)23-20(22)24-18)17(27)11-30-16-4-2-1-3-15(16)25-7-5-12(6-8-25)19(28)29/h1-4,12H,5-11H2,(H,28,29)(H4,21,22,23,24). The molecule has 1 saturated heterocycles. The van der Waals surface area contributed by atoms with Crippen molar-refractivity contribution in [3.63, 3.8) is 0 Å². The summed E-state index contributed by atoms with van der Waals surface area (Å²) >= 11 is 0. The summed E-state index contributed by atoms with van der Waals surface area (Å²) in [6.45, 7) is 1.78. The molecule has 2 aliphatic rings. The summed E-state index contributed by atoms with van der Waals surface area (Å²) in [4.78, 5) is 35.7. The Balaban J connectivity index is 1.39. The maximum atomic E-state index is 12.7. The van der Waals surface area contributed by atoms with Crippen LogP contribution in [0.15, 0.2) is 24.3 Å². The molecular weight excluding hydrogens is 388 g/mol. The number of amides is 1. The van der Waals surface area contributed by atoms with Crippen LogP contribution in [0.3, 0.4) is 0 Å². The second-order valence-electron chi connectivity index (χ2n) is 7.50. The summed E-state index contributed by atoms with van der Waals surface area (Å²) < 4.78 is 5.85. The van der Waals surface area contributed by atoms with Crippen LogP contribution in [-0.4, -0.2) is 51.5 Å². The molecule has 1 fully saturated rings. The summed E-state index contributed by atoms with van der Waals surface area (Å²) in [7, 11) is 0. The molecule has 4 rings (SSSR count). The monoisotopic (exact) mass is 412 g/mol. The van der Waals surface area contributed by atoms with Crippen molar-refractivity contribution in [2.75, 3.05) is 36.1 Å². The lowest BCUT2D eigenvalue weighted by Gasteiger charge is -2.33. The van der Waals surface area contributed by atoms with Crippen LogP contribution in [0.25, 0.3) is 0 Å². The number of piperidine rings is 1. The summed E-state index contributed by atoms with van der Waals surface area (Å²) in [5.41, 5.74) is 13.8. The van der Waals surface area contributed by atoms with Crippen LogP contribution >= 0.6 is 0 Å². The smallest absolute Gasteiger partial charge is 0.306 e. The highest BCUT2D eigenvalue weighted by molar-refractivity contribution is 5.79. The van der Waals surface area contributed by atoms with Crippen molar-refractivity contribution in [3.05, 3.63) is 35.5 Å². The van der Waals surface area contributed by atoms with E-state index in [1.165, 1.54) is 0 Å². The van der Waals surface area contributed by atoms with Crippen LogP contribution in [0, 0.1) is 5.92 Å². The number of carboxylic acids is 1. The molecule has 10 heteroatoms. The minimum atomic E-state index is -0.747. The predicted octanol–water partition coefficient (Wildman–Crippen LogP) is 0.863. The number of carboxylic acid groups (broad SMARTS) is 1. The lowest BCUT2D eigenvalue weighted by Crippen LogP contribution is -2.36. The van der Waals surface area contributed by atoms with E-state index in [2.05, 4.69) is 14.9 Å². The number of hydrogen-bond donors (Lipinski definition) is 3. The normalized spacial score (nSPS) is 16.4. The average Bonchev–Trinajstić information content (AvgIpc) is 3.17. The van der Waals surface area contributed by atoms with E-state index in [4.69, 9.17) is 16.2 Å². The third kappa shape index (κ3) is 3.93. The van der Waals surface area contributed by atoms with E-state index in [0.717, 1.165) is 11.3 Å². The van der Waals surface area contributed by atoms with E-state index < -0.39 is 5.97 Å². The van der Waals surface area contributed by atoms with Gasteiger partial charge < -0.3 is 31.1 Å². The highest BCUT2D eigenvalue weighted by atomic mass is 16.5. The number of anilines is 3. The van der Waals surface area contributed by atoms with Crippen LogP contribution in [0.2, 0.25) is 0 Å². The van der Waals surface area contributed by atoms with Gasteiger partial charge in [-0.1, -0.05) is 12.1 Å². The van der Waals surface area contributed by atoms with E-state index in [0.29, 0.717) is 56.3 Å². The first kappa shape index (κ1) is 19.7. The van der Waals surface area contributed by atoms with Gasteiger partial charge in [0.1, 0.15) is 11.6 Å². The van der Waals surface area contributed by atoms with Crippen molar-refractivity contribution in [2.45, 2.75) is 25.9 Å². The van der Waals surface area contributed by atoms with E-state index in [1.54, 1.807) is 4.90 Å². The quantitative estimate of drug-likeness (QED) is 0.650. The summed E-state index contributed by atoms with van der Waals surface area (Å²) in [6, 6.07) is 7.48. The zero-order valence-corrected chi connectivity index (χ0v) is 16.5. The number of aliphatic carboxylic acids is 1. The van der Waals surface area contributed by atoms with E-state index in [-0.39, 0.29) is 24.4 Å². The Hall–Kier alpha value is -3.56. The number of fused-ring (bicyclic) bond motifs is 1. The second kappa shape index (κ2) is 8.05. The maximum absolute atomic E-state index is 12.7. The van der Waals surface area contributed by atoms with Gasteiger partial charge in [-0.25, -0.2) is 4.98 Å². The van der Waals surface area contributed by atoms with Gasteiger partial charge in [0, 0.05) is 18.7 Å². The van der Waals surface area contributed by atoms with Crippen molar-refractivity contribution >= 4 is 29.3 Å². The van der Waals surface area contributed by atoms with Gasteiger partial charge in [-0.15, -0.1) is 0 Å². The molecule has 0 atom stereocenters. The van der Waals surface area contributed by atoms with Crippen LogP contribution in [-0.2, 0) is 22.7 Å². The van der Waals surface area contributed by atoms with Crippen molar-refractivity contribution in [1.82, 2.24) is 14.9 Å². The third-order valence-corrected chi connectivity index (χ3v) is 5.59. The Labute approximate surface area is 173 Å². The minimum Gasteiger partial charge on any atom is -0.482 e. The Kier molecular flexibility index (Phi) is 5.30. The maximum Gasteiger partial charge on any atom is 0.306 e. The molecule has 10 nitrogen and oxygen atoms in total. The Morgan fingerprint density at radius 1 is 1.13 bits per heavy atom. The number of aromatic nitrogens is 2. The van der Waals surface area contributed by atoms with Gasteiger partial charge in [0.05, 0.1) is 30.4 Å². The SMILES string of the molecule is Nc1nc(N)c2c(n1)CN(C(=O)COc1ccccc1N1CCC(C(=O)O)CC1)C2. The first-order chi connectivity index (χ1) is 14.4. The lowest BCUT2D eigenvalue weighted by molar-refractivity contribution is -0.142. The molecule has 5 N–H and O–H groups in total. The topological polar surface area (TPSA) is 148 Å². The van der Waals surface area contributed by atoms with E-state index in [9.17, 15) is 14.7 Å². The van der Waals surface area contributed by atoms with Crippen molar-refractivity contribution in [1.29, 1.82) is 0 Å². The molecule has 1 aromatic carbocycles. The molecule has 2 aliphatic heterocycles. The van der Waals surface area contributed by atoms with Gasteiger partial charge in [0.2, 0.25) is 5.95 Å². The number of nitrogens with zero attached hydrogens (tertiary/aromatic N) is 4. The summed E-state index contributed by atoms with van der Waals surface area (Å²) in [5.74, 6) is -0.257. The van der Waals surface area contributed by atoms with Gasteiger partial charge in [-0.2, -0.15) is 4.98 Å². The molecular formula is C20H24N6O4. The number of rotatable bonds is 5. The van der Waals surface area contributed by atoms with E-state index in [1.807, 2.05) is 24.3 Å². The molecule has 0 bridgehead atoms. The molecule has 0 aliphatic carbocycles. The zero-order valence-electron chi connectivity index (χ0n) is 16.5. The fourth-order valence-electron chi connectivity index (χ4n) is 3.92. The van der Waals surface area contributed by atoms with Crippen LogP contribution in [0.5, 0.6) is 5.75 Å². The van der Waals surface area contributed by atoms with Crippen LogP contribution in [0.4, 0.5) is 17.5 Å². The van der Waals surface area contributed by atoms with Crippen molar-refractivity contribution in [2.24, 2.45) is 5.92 Å². The Bertz CT molecular complexity index is 974. The molecule has 0 radical (unpaired) electrons. The molecule has 1 aromatic heterocycles. The highest BCUT2D eigenvalue weighted by Gasteiger charge is 2.29. The lowest BCUT2D eigenvalue weighted by atomic mass is 9.96. The number of ether oxygens (including phenoxy) is 1. The molecule has 2 aromatic rings. The number of carbonyl (C=O) groups is 2. The number of benzene rings is 1. The number of nitrogens with two attached hydrogens (primary N) is 2. The minimum absolute atomic E-state index is 0.0948. The van der Waals surface area contributed by atoms with E-state index >= 15 is 0 Å². The van der Waals surface area contributed by atoms with Gasteiger partial charge in [-0.3, -0.25) is 9.59 Å². The van der Waals surface area contributed by atoms with Gasteiger partial charge in [0.25, 0.3) is 5.91 Å². The van der Waals surface area contributed by atoms with Crippen LogP contribution < -0.4 is 21.1 Å². The first-order valence-corrected chi connectivity index (χ1v) is 9.80. The zero-order chi connectivity index (χ0) is 21.3. The molecule has 158 valence electrons. The van der Waals surface area contributed by atoms with Gasteiger partial charge in [-0.05, 0) is 25.0 Å². The van der Waals surface area contributed by atoms with Crippen LogP contribution in [0.1, 0.15) is 24.1 Å². The molecule has 1 amide bonds. The van der Waals surface area contributed by atoms with Crippen molar-refractivity contribution in [3.8, 4) is 5.75 Å². The molecule has 0 saturated carbocycles. The number of para-hydroxylation sites is 2. The number of hydrogen-bond acceptors (Lipinski definition) is 8.